The van der Waals surface area contributed by atoms with Crippen LogP contribution in [0.5, 0.6) is 5.75 Å². The maximum Gasteiger partial charge on any atom is 0.226 e. The van der Waals surface area contributed by atoms with Crippen molar-refractivity contribution in [3.8, 4) is 5.75 Å². The van der Waals surface area contributed by atoms with Crippen molar-refractivity contribution in [3.63, 3.8) is 0 Å². The Morgan fingerprint density at radius 1 is 1.11 bits per heavy atom. The molecule has 1 saturated carbocycles. The topological polar surface area (TPSA) is 58.6 Å². The zero-order chi connectivity index (χ0) is 18.8. The summed E-state index contributed by atoms with van der Waals surface area (Å²) in [4.78, 5) is 27.1. The van der Waals surface area contributed by atoms with Gasteiger partial charge in [-0.05, 0) is 24.5 Å². The first-order valence-electron chi connectivity index (χ1n) is 9.45. The van der Waals surface area contributed by atoms with E-state index < -0.39 is 0 Å². The van der Waals surface area contributed by atoms with Crippen LogP contribution < -0.4 is 10.1 Å². The maximum absolute atomic E-state index is 13.0. The Bertz CT molecular complexity index is 832. The minimum absolute atomic E-state index is 0.0775. The van der Waals surface area contributed by atoms with E-state index in [4.69, 9.17) is 4.74 Å². The van der Waals surface area contributed by atoms with E-state index in [1.54, 1.807) is 7.11 Å². The minimum atomic E-state index is -0.320. The number of nitrogens with zero attached hydrogens (tertiary/aromatic N) is 1. The predicted molar refractivity (Wildman–Crippen MR) is 102 cm³/mol. The number of hydrogen-bond donors (Lipinski definition) is 1. The van der Waals surface area contributed by atoms with E-state index in [1.165, 1.54) is 0 Å². The molecule has 1 aliphatic carbocycles. The van der Waals surface area contributed by atoms with Crippen LogP contribution in [0.2, 0.25) is 0 Å². The van der Waals surface area contributed by atoms with Gasteiger partial charge in [-0.25, -0.2) is 0 Å². The number of likely N-dealkylation sites (tertiary alicyclic amines) is 1. The smallest absolute Gasteiger partial charge is 0.226 e. The second-order valence-electron chi connectivity index (χ2n) is 7.27. The molecule has 5 nitrogen and oxygen atoms in total. The van der Waals surface area contributed by atoms with Gasteiger partial charge in [-0.3, -0.25) is 9.59 Å². The number of carbonyl (C=O) groups excluding carboxylic acids is 2. The Morgan fingerprint density at radius 2 is 1.81 bits per heavy atom. The second-order valence-corrected chi connectivity index (χ2v) is 7.27. The Morgan fingerprint density at radius 3 is 2.52 bits per heavy atom. The molecule has 27 heavy (non-hydrogen) atoms. The zero-order valence-electron chi connectivity index (χ0n) is 15.4. The van der Waals surface area contributed by atoms with E-state index in [2.05, 4.69) is 5.32 Å². The van der Waals surface area contributed by atoms with Crippen LogP contribution in [-0.2, 0) is 9.59 Å². The van der Waals surface area contributed by atoms with Crippen molar-refractivity contribution in [2.45, 2.75) is 31.3 Å². The lowest BCUT2D eigenvalue weighted by Gasteiger charge is -2.23. The van der Waals surface area contributed by atoms with Gasteiger partial charge in [0.15, 0.2) is 0 Å². The van der Waals surface area contributed by atoms with Crippen molar-refractivity contribution in [3.05, 3.63) is 65.7 Å². The molecule has 0 bridgehead atoms. The molecule has 2 aromatic carbocycles. The van der Waals surface area contributed by atoms with Crippen LogP contribution in [0.1, 0.15) is 36.4 Å². The quantitative estimate of drug-likeness (QED) is 0.857. The van der Waals surface area contributed by atoms with Gasteiger partial charge < -0.3 is 15.0 Å². The molecule has 2 aliphatic rings. The van der Waals surface area contributed by atoms with Crippen molar-refractivity contribution in [1.82, 2.24) is 10.2 Å². The molecule has 1 heterocycles. The predicted octanol–water partition coefficient (Wildman–Crippen LogP) is 2.91. The van der Waals surface area contributed by atoms with Crippen LogP contribution in [-0.4, -0.2) is 36.4 Å². The van der Waals surface area contributed by atoms with Gasteiger partial charge in [0.25, 0.3) is 0 Å². The van der Waals surface area contributed by atoms with Gasteiger partial charge in [-0.1, -0.05) is 48.5 Å². The summed E-state index contributed by atoms with van der Waals surface area (Å²) in [5.74, 6) is 0.463. The van der Waals surface area contributed by atoms with E-state index in [0.29, 0.717) is 19.0 Å². The monoisotopic (exact) mass is 364 g/mol. The number of rotatable bonds is 6. The molecule has 0 unspecified atom stereocenters. The number of para-hydroxylation sites is 1. The molecule has 2 fully saturated rings. The van der Waals surface area contributed by atoms with Crippen molar-refractivity contribution in [2.75, 3.05) is 13.7 Å². The molecule has 0 spiro atoms. The average Bonchev–Trinajstić information content (AvgIpc) is 3.48. The molecule has 5 heteroatoms. The van der Waals surface area contributed by atoms with Crippen LogP contribution in [0.3, 0.4) is 0 Å². The maximum atomic E-state index is 13.0. The number of methoxy groups -OCH3 is 1. The molecule has 1 aliphatic heterocycles. The molecule has 0 aromatic heterocycles. The fraction of sp³-hybridized carbons (Fsp3) is 0.364. The highest BCUT2D eigenvalue weighted by Crippen LogP contribution is 2.34. The van der Waals surface area contributed by atoms with Gasteiger partial charge in [0.05, 0.1) is 19.1 Å². The van der Waals surface area contributed by atoms with Crippen molar-refractivity contribution in [1.29, 1.82) is 0 Å². The minimum Gasteiger partial charge on any atom is -0.496 e. The normalized spacial score (nSPS) is 20.4. The molecule has 2 aromatic rings. The van der Waals surface area contributed by atoms with Crippen LogP contribution in [0.25, 0.3) is 0 Å². The summed E-state index contributed by atoms with van der Waals surface area (Å²) in [6.45, 7) is 0.531. The first kappa shape index (κ1) is 17.6. The van der Waals surface area contributed by atoms with Crippen LogP contribution in [0, 0.1) is 5.92 Å². The largest absolute Gasteiger partial charge is 0.496 e. The second kappa shape index (κ2) is 7.43. The van der Waals surface area contributed by atoms with E-state index in [1.807, 2.05) is 59.5 Å². The number of hydrogen-bond acceptors (Lipinski definition) is 3. The Hall–Kier alpha value is -2.82. The standard InChI is InChI=1S/C22H24N2O3/c1-27-19-10-6-5-9-18(19)21(15-7-3-2-4-8-15)23-22(26)16-13-20(25)24(14-16)17-11-12-17/h2-10,16-17,21H,11-14H2,1H3,(H,23,26)/t16-,21+/m1/s1. The van der Waals surface area contributed by atoms with Gasteiger partial charge >= 0.3 is 0 Å². The summed E-state index contributed by atoms with van der Waals surface area (Å²) in [5.41, 5.74) is 1.89. The van der Waals surface area contributed by atoms with Crippen LogP contribution in [0.15, 0.2) is 54.6 Å². The summed E-state index contributed by atoms with van der Waals surface area (Å²) >= 11 is 0. The highest BCUT2D eigenvalue weighted by molar-refractivity contribution is 5.90. The third-order valence-corrected chi connectivity index (χ3v) is 5.39. The lowest BCUT2D eigenvalue weighted by molar-refractivity contribution is -0.129. The lowest BCUT2D eigenvalue weighted by atomic mass is 9.96. The van der Waals surface area contributed by atoms with E-state index in [-0.39, 0.29) is 23.8 Å². The SMILES string of the molecule is COc1ccccc1[C@@H](NC(=O)[C@@H]1CC(=O)N(C2CC2)C1)c1ccccc1. The van der Waals surface area contributed by atoms with Gasteiger partial charge in [0, 0.05) is 24.6 Å². The van der Waals surface area contributed by atoms with E-state index >= 15 is 0 Å². The number of nitrogens with one attached hydrogen (secondary N) is 1. The summed E-state index contributed by atoms with van der Waals surface area (Å²) in [6, 6.07) is 17.6. The summed E-state index contributed by atoms with van der Waals surface area (Å²) in [6.07, 6.45) is 2.43. The first-order valence-corrected chi connectivity index (χ1v) is 9.45. The third-order valence-electron chi connectivity index (χ3n) is 5.39. The first-order chi connectivity index (χ1) is 13.2. The van der Waals surface area contributed by atoms with E-state index in [9.17, 15) is 9.59 Å². The molecule has 4 rings (SSSR count). The number of benzene rings is 2. The average molecular weight is 364 g/mol. The van der Waals surface area contributed by atoms with Crippen LogP contribution >= 0.6 is 0 Å². The van der Waals surface area contributed by atoms with Crippen LogP contribution in [0.4, 0.5) is 0 Å². The zero-order valence-corrected chi connectivity index (χ0v) is 15.4. The third kappa shape index (κ3) is 3.68. The number of ether oxygens (including phenoxy) is 1. The van der Waals surface area contributed by atoms with Gasteiger partial charge in [-0.2, -0.15) is 0 Å². The fourth-order valence-electron chi connectivity index (χ4n) is 3.80. The van der Waals surface area contributed by atoms with Gasteiger partial charge in [0.1, 0.15) is 5.75 Å². The Kier molecular flexibility index (Phi) is 4.84. The molecule has 2 amide bonds. The van der Waals surface area contributed by atoms with Crippen molar-refractivity contribution < 1.29 is 14.3 Å². The highest BCUT2D eigenvalue weighted by Gasteiger charge is 2.42. The summed E-state index contributed by atoms with van der Waals surface area (Å²) in [7, 11) is 1.63. The molecule has 0 radical (unpaired) electrons. The Balaban J connectivity index is 1.58. The summed E-state index contributed by atoms with van der Waals surface area (Å²) < 4.78 is 5.52. The Labute approximate surface area is 159 Å². The van der Waals surface area contributed by atoms with Gasteiger partial charge in [0.2, 0.25) is 11.8 Å². The highest BCUT2D eigenvalue weighted by atomic mass is 16.5. The molecule has 1 saturated heterocycles. The molecule has 2 atom stereocenters. The summed E-state index contributed by atoms with van der Waals surface area (Å²) in [5, 5.41) is 3.17. The molecular formula is C22H24N2O3. The number of amides is 2. The van der Waals surface area contributed by atoms with Gasteiger partial charge in [-0.15, -0.1) is 0 Å². The lowest BCUT2D eigenvalue weighted by Crippen LogP contribution is -2.36. The fourth-order valence-corrected chi connectivity index (χ4v) is 3.80. The van der Waals surface area contributed by atoms with Crippen molar-refractivity contribution >= 4 is 11.8 Å². The molecular weight excluding hydrogens is 340 g/mol. The molecule has 1 N–H and O–H groups in total. The van der Waals surface area contributed by atoms with E-state index in [0.717, 1.165) is 29.7 Å². The number of carbonyl (C=O) groups is 2. The molecule has 140 valence electrons. The van der Waals surface area contributed by atoms with Crippen molar-refractivity contribution in [2.24, 2.45) is 5.92 Å².